The monoisotopic (exact) mass is 363 g/mol. The van der Waals surface area contributed by atoms with Gasteiger partial charge in [0, 0.05) is 17.1 Å². The molecule has 0 heterocycles. The average Bonchev–Trinajstić information content (AvgIpc) is 2.50. The van der Waals surface area contributed by atoms with Crippen LogP contribution in [-0.4, -0.2) is 31.5 Å². The minimum atomic E-state index is -0.628. The first kappa shape index (κ1) is 21.5. The van der Waals surface area contributed by atoms with E-state index in [4.69, 9.17) is 22.1 Å². The summed E-state index contributed by atoms with van der Waals surface area (Å²) in [6.07, 6.45) is 0. The normalized spacial score (nSPS) is 11.4. The van der Waals surface area contributed by atoms with E-state index in [-0.39, 0.29) is 43.2 Å². The molecule has 0 aliphatic carbocycles. The van der Waals surface area contributed by atoms with E-state index in [9.17, 15) is 9.59 Å². The van der Waals surface area contributed by atoms with E-state index in [1.807, 2.05) is 13.8 Å². The van der Waals surface area contributed by atoms with Gasteiger partial charge in [-0.05, 0) is 18.1 Å². The standard InChI is InChI=1S/C15H22ClN3O3.ClH/c1-9(2)14(17)15(21)19-8-13(20)18-7-10-11(16)5-4-6-12(10)22-3;/h4-6,9,14H,7-8,17H2,1-3H3,(H,18,20)(H,19,21);1H/t14-;/m0./s1. The maximum Gasteiger partial charge on any atom is 0.239 e. The topological polar surface area (TPSA) is 93.5 Å². The summed E-state index contributed by atoms with van der Waals surface area (Å²) in [5, 5.41) is 5.69. The summed E-state index contributed by atoms with van der Waals surface area (Å²) in [6, 6.07) is 4.61. The summed E-state index contributed by atoms with van der Waals surface area (Å²) in [5.74, 6) is -0.0686. The number of halogens is 2. The minimum Gasteiger partial charge on any atom is -0.496 e. The van der Waals surface area contributed by atoms with E-state index >= 15 is 0 Å². The van der Waals surface area contributed by atoms with Crippen molar-refractivity contribution in [2.24, 2.45) is 11.7 Å². The number of carbonyl (C=O) groups is 2. The van der Waals surface area contributed by atoms with Gasteiger partial charge in [-0.1, -0.05) is 31.5 Å². The molecule has 0 bridgehead atoms. The molecule has 0 fully saturated rings. The van der Waals surface area contributed by atoms with Crippen LogP contribution in [0.1, 0.15) is 19.4 Å². The van der Waals surface area contributed by atoms with Crippen LogP contribution in [0, 0.1) is 5.92 Å². The van der Waals surface area contributed by atoms with Crippen LogP contribution in [0.25, 0.3) is 0 Å². The summed E-state index contributed by atoms with van der Waals surface area (Å²) in [7, 11) is 1.53. The summed E-state index contributed by atoms with van der Waals surface area (Å²) in [4.78, 5) is 23.4. The van der Waals surface area contributed by atoms with Gasteiger partial charge in [-0.2, -0.15) is 0 Å². The molecule has 23 heavy (non-hydrogen) atoms. The Morgan fingerprint density at radius 1 is 1.30 bits per heavy atom. The molecule has 0 saturated carbocycles. The molecular formula is C15H23Cl2N3O3. The number of ether oxygens (including phenoxy) is 1. The second-order valence-electron chi connectivity index (χ2n) is 5.18. The number of hydrogen-bond donors (Lipinski definition) is 3. The number of carbonyl (C=O) groups excluding carboxylic acids is 2. The molecular weight excluding hydrogens is 341 g/mol. The quantitative estimate of drug-likeness (QED) is 0.683. The number of nitrogens with two attached hydrogens (primary N) is 1. The summed E-state index contributed by atoms with van der Waals surface area (Å²) in [5.41, 5.74) is 6.38. The molecule has 1 aromatic rings. The number of benzene rings is 1. The lowest BCUT2D eigenvalue weighted by Crippen LogP contribution is -2.47. The van der Waals surface area contributed by atoms with Crippen molar-refractivity contribution in [3.8, 4) is 5.75 Å². The van der Waals surface area contributed by atoms with Gasteiger partial charge in [-0.25, -0.2) is 0 Å². The molecule has 0 aliphatic heterocycles. The molecule has 0 saturated heterocycles. The van der Waals surface area contributed by atoms with Crippen molar-refractivity contribution in [3.05, 3.63) is 28.8 Å². The highest BCUT2D eigenvalue weighted by Crippen LogP contribution is 2.25. The van der Waals surface area contributed by atoms with Crippen molar-refractivity contribution in [2.75, 3.05) is 13.7 Å². The third kappa shape index (κ3) is 6.64. The highest BCUT2D eigenvalue weighted by molar-refractivity contribution is 6.31. The first-order chi connectivity index (χ1) is 10.4. The van der Waals surface area contributed by atoms with Gasteiger partial charge in [-0.15, -0.1) is 12.4 Å². The minimum absolute atomic E-state index is 0. The van der Waals surface area contributed by atoms with E-state index < -0.39 is 6.04 Å². The molecule has 130 valence electrons. The van der Waals surface area contributed by atoms with Crippen molar-refractivity contribution in [3.63, 3.8) is 0 Å². The van der Waals surface area contributed by atoms with Crippen LogP contribution in [-0.2, 0) is 16.1 Å². The SMILES string of the molecule is COc1cccc(Cl)c1CNC(=O)CNC(=O)[C@@H](N)C(C)C.Cl. The number of hydrogen-bond acceptors (Lipinski definition) is 4. The fourth-order valence-corrected chi connectivity index (χ4v) is 1.97. The Morgan fingerprint density at radius 2 is 1.96 bits per heavy atom. The van der Waals surface area contributed by atoms with Crippen LogP contribution in [0.4, 0.5) is 0 Å². The van der Waals surface area contributed by atoms with E-state index in [0.717, 1.165) is 0 Å². The Morgan fingerprint density at radius 3 is 2.52 bits per heavy atom. The largest absolute Gasteiger partial charge is 0.496 e. The van der Waals surface area contributed by atoms with Crippen molar-refractivity contribution in [2.45, 2.75) is 26.4 Å². The zero-order chi connectivity index (χ0) is 16.7. The van der Waals surface area contributed by atoms with E-state index in [1.165, 1.54) is 7.11 Å². The molecule has 0 spiro atoms. The van der Waals surface area contributed by atoms with Crippen molar-refractivity contribution >= 4 is 35.8 Å². The van der Waals surface area contributed by atoms with Gasteiger partial charge in [-0.3, -0.25) is 9.59 Å². The van der Waals surface area contributed by atoms with Crippen LogP contribution in [0.5, 0.6) is 5.75 Å². The number of nitrogens with one attached hydrogen (secondary N) is 2. The molecule has 1 atom stereocenters. The lowest BCUT2D eigenvalue weighted by atomic mass is 10.1. The van der Waals surface area contributed by atoms with Crippen LogP contribution in [0.2, 0.25) is 5.02 Å². The first-order valence-corrected chi connectivity index (χ1v) is 7.36. The average molecular weight is 364 g/mol. The van der Waals surface area contributed by atoms with Gasteiger partial charge in [0.15, 0.2) is 0 Å². The fraction of sp³-hybridized carbons (Fsp3) is 0.467. The zero-order valence-electron chi connectivity index (χ0n) is 13.4. The lowest BCUT2D eigenvalue weighted by Gasteiger charge is -2.15. The van der Waals surface area contributed by atoms with E-state index in [2.05, 4.69) is 10.6 Å². The van der Waals surface area contributed by atoms with Crippen molar-refractivity contribution in [1.82, 2.24) is 10.6 Å². The van der Waals surface area contributed by atoms with Crippen LogP contribution >= 0.6 is 24.0 Å². The summed E-state index contributed by atoms with van der Waals surface area (Å²) >= 11 is 6.08. The molecule has 8 heteroatoms. The Hall–Kier alpha value is -1.50. The Kier molecular flexibility index (Phi) is 9.64. The van der Waals surface area contributed by atoms with Gasteiger partial charge < -0.3 is 21.1 Å². The van der Waals surface area contributed by atoms with Gasteiger partial charge in [0.2, 0.25) is 11.8 Å². The Labute approximate surface area is 147 Å². The highest BCUT2D eigenvalue weighted by atomic mass is 35.5. The van der Waals surface area contributed by atoms with Crippen LogP contribution in [0.3, 0.4) is 0 Å². The third-order valence-electron chi connectivity index (χ3n) is 3.20. The molecule has 0 unspecified atom stereocenters. The number of methoxy groups -OCH3 is 1. The van der Waals surface area contributed by atoms with Crippen molar-refractivity contribution < 1.29 is 14.3 Å². The molecule has 1 aromatic carbocycles. The second-order valence-corrected chi connectivity index (χ2v) is 5.59. The predicted octanol–water partition coefficient (Wildman–Crippen LogP) is 1.49. The van der Waals surface area contributed by atoms with Gasteiger partial charge in [0.25, 0.3) is 0 Å². The zero-order valence-corrected chi connectivity index (χ0v) is 15.0. The molecule has 2 amide bonds. The Balaban J connectivity index is 0.00000484. The predicted molar refractivity (Wildman–Crippen MR) is 92.9 cm³/mol. The van der Waals surface area contributed by atoms with Gasteiger partial charge in [0.05, 0.1) is 19.7 Å². The fourth-order valence-electron chi connectivity index (χ4n) is 1.74. The summed E-state index contributed by atoms with van der Waals surface area (Å²) < 4.78 is 5.19. The summed E-state index contributed by atoms with van der Waals surface area (Å²) in [6.45, 7) is 3.77. The van der Waals surface area contributed by atoms with Gasteiger partial charge in [0.1, 0.15) is 5.75 Å². The van der Waals surface area contributed by atoms with E-state index in [0.29, 0.717) is 16.3 Å². The number of rotatable bonds is 7. The maximum absolute atomic E-state index is 11.8. The molecule has 6 nitrogen and oxygen atoms in total. The molecule has 0 radical (unpaired) electrons. The third-order valence-corrected chi connectivity index (χ3v) is 3.56. The van der Waals surface area contributed by atoms with Crippen LogP contribution in [0.15, 0.2) is 18.2 Å². The first-order valence-electron chi connectivity index (χ1n) is 6.98. The smallest absolute Gasteiger partial charge is 0.239 e. The van der Waals surface area contributed by atoms with Crippen LogP contribution < -0.4 is 21.1 Å². The van der Waals surface area contributed by atoms with E-state index in [1.54, 1.807) is 18.2 Å². The molecule has 0 aromatic heterocycles. The second kappa shape index (κ2) is 10.3. The Bertz CT molecular complexity index is 539. The lowest BCUT2D eigenvalue weighted by molar-refractivity contribution is -0.127. The maximum atomic E-state index is 11.8. The molecule has 1 rings (SSSR count). The van der Waals surface area contributed by atoms with Gasteiger partial charge >= 0.3 is 0 Å². The van der Waals surface area contributed by atoms with Crippen molar-refractivity contribution in [1.29, 1.82) is 0 Å². The molecule has 4 N–H and O–H groups in total. The molecule has 0 aliphatic rings. The highest BCUT2D eigenvalue weighted by Gasteiger charge is 2.17. The number of amides is 2.